The SMILES string of the molecule is OC[C@H]1[C@@H](O)[C@H](O)CCN1CCc1ccccc1. The maximum atomic E-state index is 9.85. The second-order valence-electron chi connectivity index (χ2n) is 4.87. The van der Waals surface area contributed by atoms with Crippen molar-refractivity contribution in [1.82, 2.24) is 4.90 Å². The summed E-state index contributed by atoms with van der Waals surface area (Å²) < 4.78 is 0. The number of hydrogen-bond donors (Lipinski definition) is 3. The van der Waals surface area contributed by atoms with E-state index < -0.39 is 12.2 Å². The van der Waals surface area contributed by atoms with Crippen LogP contribution in [0.1, 0.15) is 12.0 Å². The molecule has 4 nitrogen and oxygen atoms in total. The zero-order chi connectivity index (χ0) is 13.0. The van der Waals surface area contributed by atoms with Gasteiger partial charge >= 0.3 is 0 Å². The summed E-state index contributed by atoms with van der Waals surface area (Å²) in [5.74, 6) is 0. The zero-order valence-corrected chi connectivity index (χ0v) is 10.4. The first-order valence-electron chi connectivity index (χ1n) is 6.47. The Morgan fingerprint density at radius 1 is 1.17 bits per heavy atom. The fourth-order valence-corrected chi connectivity index (χ4v) is 2.53. The van der Waals surface area contributed by atoms with Crippen molar-refractivity contribution < 1.29 is 15.3 Å². The highest BCUT2D eigenvalue weighted by molar-refractivity contribution is 5.15. The molecule has 0 aromatic heterocycles. The minimum absolute atomic E-state index is 0.118. The van der Waals surface area contributed by atoms with Crippen LogP contribution in [0.15, 0.2) is 30.3 Å². The average molecular weight is 251 g/mol. The van der Waals surface area contributed by atoms with Crippen molar-refractivity contribution in [3.05, 3.63) is 35.9 Å². The van der Waals surface area contributed by atoms with E-state index in [1.54, 1.807) is 0 Å². The highest BCUT2D eigenvalue weighted by Gasteiger charge is 2.35. The van der Waals surface area contributed by atoms with E-state index in [1.807, 2.05) is 18.2 Å². The van der Waals surface area contributed by atoms with Gasteiger partial charge in [0.25, 0.3) is 0 Å². The summed E-state index contributed by atoms with van der Waals surface area (Å²) in [4.78, 5) is 2.06. The molecular formula is C14H21NO3. The number of likely N-dealkylation sites (tertiary alicyclic amines) is 1. The number of nitrogens with zero attached hydrogens (tertiary/aromatic N) is 1. The molecule has 1 saturated heterocycles. The molecule has 1 aliphatic heterocycles. The first kappa shape index (κ1) is 13.5. The van der Waals surface area contributed by atoms with Crippen LogP contribution in [0.25, 0.3) is 0 Å². The molecular weight excluding hydrogens is 230 g/mol. The molecule has 0 amide bonds. The van der Waals surface area contributed by atoms with Crippen LogP contribution >= 0.6 is 0 Å². The largest absolute Gasteiger partial charge is 0.395 e. The molecule has 3 atom stereocenters. The maximum Gasteiger partial charge on any atom is 0.0976 e. The predicted molar refractivity (Wildman–Crippen MR) is 69.2 cm³/mol. The van der Waals surface area contributed by atoms with E-state index >= 15 is 0 Å². The Kier molecular flexibility index (Phi) is 4.72. The molecule has 3 N–H and O–H groups in total. The van der Waals surface area contributed by atoms with Gasteiger partial charge in [-0.15, -0.1) is 0 Å². The molecule has 0 unspecified atom stereocenters. The number of rotatable bonds is 4. The van der Waals surface area contributed by atoms with Gasteiger partial charge in [-0.2, -0.15) is 0 Å². The standard InChI is InChI=1S/C14H21NO3/c16-10-12-14(18)13(17)7-9-15(12)8-6-11-4-2-1-3-5-11/h1-5,12-14,16-18H,6-10H2/t12-,13+,14+/m0/s1. The molecule has 1 aromatic rings. The van der Waals surface area contributed by atoms with Gasteiger partial charge in [-0.1, -0.05) is 30.3 Å². The average Bonchev–Trinajstić information content (AvgIpc) is 2.41. The van der Waals surface area contributed by atoms with Crippen molar-refractivity contribution in [3.63, 3.8) is 0 Å². The third kappa shape index (κ3) is 3.09. The Balaban J connectivity index is 1.92. The minimum atomic E-state index is -0.848. The summed E-state index contributed by atoms with van der Waals surface area (Å²) in [5.41, 5.74) is 1.25. The van der Waals surface area contributed by atoms with Gasteiger partial charge in [-0.25, -0.2) is 0 Å². The molecule has 2 rings (SSSR count). The van der Waals surface area contributed by atoms with Crippen molar-refractivity contribution in [2.45, 2.75) is 31.1 Å². The van der Waals surface area contributed by atoms with E-state index in [2.05, 4.69) is 17.0 Å². The summed E-state index contributed by atoms with van der Waals surface area (Å²) in [7, 11) is 0. The lowest BCUT2D eigenvalue weighted by atomic mass is 9.96. The van der Waals surface area contributed by atoms with Crippen molar-refractivity contribution in [3.8, 4) is 0 Å². The molecule has 0 aliphatic carbocycles. The Morgan fingerprint density at radius 2 is 1.89 bits per heavy atom. The number of hydrogen-bond acceptors (Lipinski definition) is 4. The second-order valence-corrected chi connectivity index (χ2v) is 4.87. The van der Waals surface area contributed by atoms with Crippen LogP contribution in [0.2, 0.25) is 0 Å². The maximum absolute atomic E-state index is 9.85. The van der Waals surface area contributed by atoms with Gasteiger partial charge in [0.15, 0.2) is 0 Å². The van der Waals surface area contributed by atoms with E-state index in [9.17, 15) is 15.3 Å². The number of aliphatic hydroxyl groups excluding tert-OH is 3. The van der Waals surface area contributed by atoms with Crippen LogP contribution in [-0.4, -0.2) is 58.2 Å². The highest BCUT2D eigenvalue weighted by atomic mass is 16.3. The highest BCUT2D eigenvalue weighted by Crippen LogP contribution is 2.18. The topological polar surface area (TPSA) is 63.9 Å². The van der Waals surface area contributed by atoms with E-state index in [1.165, 1.54) is 5.56 Å². The van der Waals surface area contributed by atoms with E-state index in [4.69, 9.17) is 0 Å². The summed E-state index contributed by atoms with van der Waals surface area (Å²) >= 11 is 0. The molecule has 100 valence electrons. The van der Waals surface area contributed by atoms with Crippen molar-refractivity contribution in [2.24, 2.45) is 0 Å². The quantitative estimate of drug-likeness (QED) is 0.706. The summed E-state index contributed by atoms with van der Waals surface area (Å²) in [6.45, 7) is 1.39. The zero-order valence-electron chi connectivity index (χ0n) is 10.4. The van der Waals surface area contributed by atoms with Crippen LogP contribution in [-0.2, 0) is 6.42 Å². The smallest absolute Gasteiger partial charge is 0.0976 e. The van der Waals surface area contributed by atoms with Gasteiger partial charge in [-0.3, -0.25) is 4.90 Å². The second kappa shape index (κ2) is 6.29. The lowest BCUT2D eigenvalue weighted by molar-refractivity contribution is -0.0890. The minimum Gasteiger partial charge on any atom is -0.395 e. The van der Waals surface area contributed by atoms with Crippen LogP contribution in [0.5, 0.6) is 0 Å². The van der Waals surface area contributed by atoms with Crippen LogP contribution < -0.4 is 0 Å². The van der Waals surface area contributed by atoms with Crippen LogP contribution in [0, 0.1) is 0 Å². The van der Waals surface area contributed by atoms with E-state index in [-0.39, 0.29) is 12.6 Å². The third-order valence-corrected chi connectivity index (χ3v) is 3.69. The summed E-state index contributed by atoms with van der Waals surface area (Å²) in [5, 5.41) is 28.8. The first-order valence-corrected chi connectivity index (χ1v) is 6.47. The number of piperidine rings is 1. The fourth-order valence-electron chi connectivity index (χ4n) is 2.53. The number of aliphatic hydroxyl groups is 3. The van der Waals surface area contributed by atoms with E-state index in [0.29, 0.717) is 6.42 Å². The Bertz CT molecular complexity index is 357. The van der Waals surface area contributed by atoms with E-state index in [0.717, 1.165) is 19.5 Å². The fraction of sp³-hybridized carbons (Fsp3) is 0.571. The molecule has 0 spiro atoms. The van der Waals surface area contributed by atoms with Crippen molar-refractivity contribution >= 4 is 0 Å². The Labute approximate surface area is 107 Å². The van der Waals surface area contributed by atoms with Gasteiger partial charge in [0.2, 0.25) is 0 Å². The molecule has 1 heterocycles. The van der Waals surface area contributed by atoms with Crippen LogP contribution in [0.3, 0.4) is 0 Å². The third-order valence-electron chi connectivity index (χ3n) is 3.69. The van der Waals surface area contributed by atoms with Crippen LogP contribution in [0.4, 0.5) is 0 Å². The van der Waals surface area contributed by atoms with Gasteiger partial charge in [0.05, 0.1) is 24.9 Å². The molecule has 1 fully saturated rings. The molecule has 18 heavy (non-hydrogen) atoms. The Morgan fingerprint density at radius 3 is 2.56 bits per heavy atom. The number of benzene rings is 1. The van der Waals surface area contributed by atoms with Gasteiger partial charge < -0.3 is 15.3 Å². The monoisotopic (exact) mass is 251 g/mol. The molecule has 1 aromatic carbocycles. The summed E-state index contributed by atoms with van der Waals surface area (Å²) in [6.07, 6.45) is -0.110. The molecule has 0 bridgehead atoms. The van der Waals surface area contributed by atoms with Gasteiger partial charge in [0.1, 0.15) is 0 Å². The van der Waals surface area contributed by atoms with Gasteiger partial charge in [0, 0.05) is 13.1 Å². The predicted octanol–water partition coefficient (Wildman–Crippen LogP) is 0.0175. The molecule has 0 saturated carbocycles. The lowest BCUT2D eigenvalue weighted by Gasteiger charge is -2.40. The lowest BCUT2D eigenvalue weighted by Crippen LogP contribution is -2.56. The molecule has 4 heteroatoms. The normalized spacial score (nSPS) is 29.4. The Hall–Kier alpha value is -0.940. The van der Waals surface area contributed by atoms with Crippen molar-refractivity contribution in [1.29, 1.82) is 0 Å². The van der Waals surface area contributed by atoms with Crippen molar-refractivity contribution in [2.75, 3.05) is 19.7 Å². The molecule has 1 aliphatic rings. The summed E-state index contributed by atoms with van der Waals surface area (Å²) in [6, 6.07) is 9.80. The first-order chi connectivity index (χ1) is 8.72. The van der Waals surface area contributed by atoms with Gasteiger partial charge in [-0.05, 0) is 18.4 Å². The molecule has 0 radical (unpaired) electrons.